The molecular weight excluding hydrogens is 266 g/mol. The highest BCUT2D eigenvalue weighted by Crippen LogP contribution is 2.22. The number of methoxy groups -OCH3 is 1. The molecule has 0 fully saturated rings. The van der Waals surface area contributed by atoms with Gasteiger partial charge >= 0.3 is 0 Å². The average molecular weight is 280 g/mol. The van der Waals surface area contributed by atoms with Gasteiger partial charge in [-0.25, -0.2) is 8.78 Å². The van der Waals surface area contributed by atoms with Crippen LogP contribution in [0.25, 0.3) is 0 Å². The van der Waals surface area contributed by atoms with Gasteiger partial charge < -0.3 is 14.6 Å². The van der Waals surface area contributed by atoms with Crippen molar-refractivity contribution >= 4 is 0 Å². The van der Waals surface area contributed by atoms with E-state index in [2.05, 4.69) is 0 Å². The van der Waals surface area contributed by atoms with Crippen molar-refractivity contribution in [1.29, 1.82) is 0 Å². The Kier molecular flexibility index (Phi) is 4.53. The molecule has 0 saturated carbocycles. The van der Waals surface area contributed by atoms with Gasteiger partial charge in [0.25, 0.3) is 0 Å². The molecule has 3 nitrogen and oxygen atoms in total. The molecule has 0 amide bonds. The molecule has 0 aliphatic heterocycles. The fraction of sp³-hybridized carbons (Fsp3) is 0.200. The highest BCUT2D eigenvalue weighted by molar-refractivity contribution is 5.31. The van der Waals surface area contributed by atoms with Gasteiger partial charge in [-0.3, -0.25) is 0 Å². The topological polar surface area (TPSA) is 38.7 Å². The molecule has 0 radical (unpaired) electrons. The van der Waals surface area contributed by atoms with Crippen molar-refractivity contribution in [3.05, 3.63) is 59.2 Å². The van der Waals surface area contributed by atoms with E-state index in [1.165, 1.54) is 31.4 Å². The maximum atomic E-state index is 13.6. The minimum Gasteiger partial charge on any atom is -0.494 e. The lowest BCUT2D eigenvalue weighted by atomic mass is 10.2. The summed E-state index contributed by atoms with van der Waals surface area (Å²) in [5.41, 5.74) is 1.03. The Morgan fingerprint density at radius 1 is 0.950 bits per heavy atom. The molecule has 1 N–H and O–H groups in total. The van der Waals surface area contributed by atoms with Crippen LogP contribution in [0.4, 0.5) is 8.78 Å². The highest BCUT2D eigenvalue weighted by Gasteiger charge is 2.07. The van der Waals surface area contributed by atoms with E-state index in [0.717, 1.165) is 0 Å². The van der Waals surface area contributed by atoms with Crippen LogP contribution in [-0.2, 0) is 13.2 Å². The smallest absolute Gasteiger partial charge is 0.165 e. The predicted octanol–water partition coefficient (Wildman–Crippen LogP) is 3.04. The molecule has 2 aromatic rings. The maximum Gasteiger partial charge on any atom is 0.165 e. The second kappa shape index (κ2) is 6.34. The zero-order valence-corrected chi connectivity index (χ0v) is 10.9. The van der Waals surface area contributed by atoms with Crippen molar-refractivity contribution in [2.45, 2.75) is 13.2 Å². The molecule has 0 spiro atoms. The third kappa shape index (κ3) is 3.24. The van der Waals surface area contributed by atoms with Gasteiger partial charge in [0.2, 0.25) is 0 Å². The highest BCUT2D eigenvalue weighted by atomic mass is 19.1. The Bertz CT molecular complexity index is 600. The summed E-state index contributed by atoms with van der Waals surface area (Å²) >= 11 is 0. The maximum absolute atomic E-state index is 13.6. The van der Waals surface area contributed by atoms with Gasteiger partial charge in [0.1, 0.15) is 6.61 Å². The van der Waals surface area contributed by atoms with Gasteiger partial charge in [-0.05, 0) is 35.4 Å². The molecule has 0 bridgehead atoms. The van der Waals surface area contributed by atoms with Gasteiger partial charge in [0.15, 0.2) is 23.1 Å². The van der Waals surface area contributed by atoms with Crippen molar-refractivity contribution < 1.29 is 23.4 Å². The second-order valence-electron chi connectivity index (χ2n) is 4.18. The number of halogens is 2. The van der Waals surface area contributed by atoms with Gasteiger partial charge in [0, 0.05) is 0 Å². The number of ether oxygens (including phenoxy) is 2. The Labute approximate surface area is 115 Å². The van der Waals surface area contributed by atoms with E-state index in [1.54, 1.807) is 12.1 Å². The first-order valence-corrected chi connectivity index (χ1v) is 5.98. The summed E-state index contributed by atoms with van der Waals surface area (Å²) in [5, 5.41) is 8.88. The van der Waals surface area contributed by atoms with E-state index < -0.39 is 11.6 Å². The first-order valence-electron chi connectivity index (χ1n) is 5.98. The van der Waals surface area contributed by atoms with Crippen LogP contribution in [-0.4, -0.2) is 12.2 Å². The minimum absolute atomic E-state index is 0.0380. The van der Waals surface area contributed by atoms with Crippen LogP contribution in [0, 0.1) is 11.6 Å². The fourth-order valence-corrected chi connectivity index (χ4v) is 1.72. The van der Waals surface area contributed by atoms with Gasteiger partial charge in [0.05, 0.1) is 13.7 Å². The Hall–Kier alpha value is -2.14. The molecule has 0 saturated heterocycles. The van der Waals surface area contributed by atoms with Crippen LogP contribution in [0.2, 0.25) is 0 Å². The number of hydrogen-bond donors (Lipinski definition) is 1. The van der Waals surface area contributed by atoms with Crippen molar-refractivity contribution in [2.75, 3.05) is 7.11 Å². The standard InChI is InChI=1S/C15H14F2O3/c1-19-14-4-3-11(7-12(14)16)9-20-15-5-2-10(8-18)6-13(15)17/h2-7,18H,8-9H2,1H3. The summed E-state index contributed by atoms with van der Waals surface area (Å²) in [6.45, 7) is -0.197. The molecule has 5 heteroatoms. The molecule has 20 heavy (non-hydrogen) atoms. The third-order valence-electron chi connectivity index (χ3n) is 2.79. The molecular formula is C15H14F2O3. The lowest BCUT2D eigenvalue weighted by molar-refractivity contribution is 0.276. The molecule has 2 rings (SSSR count). The molecule has 0 atom stereocenters. The number of aliphatic hydroxyl groups excluding tert-OH is 1. The van der Waals surface area contributed by atoms with Crippen molar-refractivity contribution in [3.63, 3.8) is 0 Å². The van der Waals surface area contributed by atoms with Crippen LogP contribution in [0.1, 0.15) is 11.1 Å². The number of rotatable bonds is 5. The molecule has 0 aliphatic rings. The average Bonchev–Trinajstić information content (AvgIpc) is 2.46. The summed E-state index contributed by atoms with van der Waals surface area (Å²) in [6.07, 6.45) is 0. The predicted molar refractivity (Wildman–Crippen MR) is 69.6 cm³/mol. The van der Waals surface area contributed by atoms with Crippen LogP contribution < -0.4 is 9.47 Å². The molecule has 106 valence electrons. The van der Waals surface area contributed by atoms with Crippen LogP contribution in [0.3, 0.4) is 0 Å². The summed E-state index contributed by atoms with van der Waals surface area (Å²) in [7, 11) is 1.38. The number of aliphatic hydroxyl groups is 1. The SMILES string of the molecule is COc1ccc(COc2ccc(CO)cc2F)cc1F. The first-order chi connectivity index (χ1) is 9.63. The summed E-state index contributed by atoms with van der Waals surface area (Å²) in [4.78, 5) is 0. The van der Waals surface area contributed by atoms with E-state index in [-0.39, 0.29) is 24.7 Å². The van der Waals surface area contributed by atoms with Gasteiger partial charge in [-0.15, -0.1) is 0 Å². The molecule has 0 aromatic heterocycles. The van der Waals surface area contributed by atoms with E-state index in [4.69, 9.17) is 14.6 Å². The monoisotopic (exact) mass is 280 g/mol. The van der Waals surface area contributed by atoms with Crippen molar-refractivity contribution in [1.82, 2.24) is 0 Å². The fourth-order valence-electron chi connectivity index (χ4n) is 1.72. The summed E-state index contributed by atoms with van der Waals surface area (Å²) in [6, 6.07) is 8.59. The number of benzene rings is 2. The molecule has 2 aromatic carbocycles. The number of hydrogen-bond acceptors (Lipinski definition) is 3. The lowest BCUT2D eigenvalue weighted by Gasteiger charge is -2.09. The Morgan fingerprint density at radius 2 is 1.55 bits per heavy atom. The summed E-state index contributed by atoms with van der Waals surface area (Å²) in [5.74, 6) is -0.860. The third-order valence-corrected chi connectivity index (χ3v) is 2.79. The first kappa shape index (κ1) is 14.3. The Balaban J connectivity index is 2.07. The minimum atomic E-state index is -0.564. The summed E-state index contributed by atoms with van der Waals surface area (Å²) < 4.78 is 37.2. The quantitative estimate of drug-likeness (QED) is 0.915. The largest absolute Gasteiger partial charge is 0.494 e. The zero-order valence-electron chi connectivity index (χ0n) is 10.9. The van der Waals surface area contributed by atoms with Crippen molar-refractivity contribution in [3.8, 4) is 11.5 Å². The van der Waals surface area contributed by atoms with E-state index in [0.29, 0.717) is 11.1 Å². The normalized spacial score (nSPS) is 10.4. The van der Waals surface area contributed by atoms with Gasteiger partial charge in [-0.2, -0.15) is 0 Å². The van der Waals surface area contributed by atoms with E-state index in [1.807, 2.05) is 0 Å². The molecule has 0 aliphatic carbocycles. The second-order valence-corrected chi connectivity index (χ2v) is 4.18. The van der Waals surface area contributed by atoms with Crippen LogP contribution in [0.15, 0.2) is 36.4 Å². The zero-order chi connectivity index (χ0) is 14.5. The lowest BCUT2D eigenvalue weighted by Crippen LogP contribution is -1.99. The van der Waals surface area contributed by atoms with E-state index >= 15 is 0 Å². The van der Waals surface area contributed by atoms with E-state index in [9.17, 15) is 8.78 Å². The van der Waals surface area contributed by atoms with Crippen molar-refractivity contribution in [2.24, 2.45) is 0 Å². The molecule has 0 heterocycles. The van der Waals surface area contributed by atoms with Gasteiger partial charge in [-0.1, -0.05) is 12.1 Å². The Morgan fingerprint density at radius 3 is 2.15 bits per heavy atom. The molecule has 0 unspecified atom stereocenters. The van der Waals surface area contributed by atoms with Crippen LogP contribution in [0.5, 0.6) is 11.5 Å². The van der Waals surface area contributed by atoms with Crippen LogP contribution >= 0.6 is 0 Å².